The van der Waals surface area contributed by atoms with Crippen molar-refractivity contribution < 1.29 is 0 Å². The van der Waals surface area contributed by atoms with Crippen LogP contribution in [0, 0.1) is 22.7 Å². The molecule has 0 saturated heterocycles. The molecule has 0 fully saturated rings. The monoisotopic (exact) mass is 518 g/mol. The van der Waals surface area contributed by atoms with Crippen LogP contribution in [0.15, 0.2) is 34.1 Å². The Morgan fingerprint density at radius 1 is 0.611 bits per heavy atom. The summed E-state index contributed by atoms with van der Waals surface area (Å²) in [5, 5.41) is 20.5. The summed E-state index contributed by atoms with van der Waals surface area (Å²) < 4.78 is 0. The molecule has 0 radical (unpaired) electrons. The lowest BCUT2D eigenvalue weighted by molar-refractivity contribution is 0.601. The van der Waals surface area contributed by atoms with Gasteiger partial charge in [0.05, 0.1) is 11.1 Å². The third-order valence-electron chi connectivity index (χ3n) is 7.25. The van der Waals surface area contributed by atoms with Crippen LogP contribution in [0.25, 0.3) is 0 Å². The van der Waals surface area contributed by atoms with E-state index in [9.17, 15) is 10.5 Å². The van der Waals surface area contributed by atoms with Crippen molar-refractivity contribution in [3.63, 3.8) is 0 Å². The van der Waals surface area contributed by atoms with Crippen LogP contribution in [-0.2, 0) is 24.3 Å². The van der Waals surface area contributed by atoms with E-state index in [1.54, 1.807) is 0 Å². The molecule has 0 aromatic heterocycles. The van der Waals surface area contributed by atoms with Gasteiger partial charge in [0.2, 0.25) is 0 Å². The second-order valence-corrected chi connectivity index (χ2v) is 11.9. The maximum absolute atomic E-state index is 10.3. The minimum absolute atomic E-state index is 0.660. The van der Waals surface area contributed by atoms with Gasteiger partial charge in [0.25, 0.3) is 0 Å². The molecular formula is C32H42N2S2. The summed E-state index contributed by atoms with van der Waals surface area (Å²) in [6.07, 6.45) is 16.6. The summed E-state index contributed by atoms with van der Waals surface area (Å²) in [6, 6.07) is 13.7. The molecule has 0 unspecified atom stereocenters. The molecule has 1 aliphatic rings. The molecule has 0 atom stereocenters. The van der Waals surface area contributed by atoms with Crippen molar-refractivity contribution in [1.29, 1.82) is 10.5 Å². The van der Waals surface area contributed by atoms with Crippen LogP contribution in [-0.4, -0.2) is 0 Å². The first kappa shape index (κ1) is 28.7. The van der Waals surface area contributed by atoms with E-state index in [0.29, 0.717) is 11.1 Å². The second kappa shape index (κ2) is 16.1. The van der Waals surface area contributed by atoms with E-state index in [-0.39, 0.29) is 0 Å². The zero-order chi connectivity index (χ0) is 25.6. The van der Waals surface area contributed by atoms with E-state index in [4.69, 9.17) is 0 Å². The highest BCUT2D eigenvalue weighted by atomic mass is 32.2. The average molecular weight is 519 g/mol. The molecule has 0 saturated carbocycles. The molecule has 2 nitrogen and oxygen atoms in total. The van der Waals surface area contributed by atoms with Crippen LogP contribution < -0.4 is 0 Å². The summed E-state index contributed by atoms with van der Waals surface area (Å²) in [5.41, 5.74) is 6.39. The van der Waals surface area contributed by atoms with Gasteiger partial charge < -0.3 is 0 Å². The van der Waals surface area contributed by atoms with E-state index in [1.807, 2.05) is 23.5 Å². The Labute approximate surface area is 228 Å². The van der Waals surface area contributed by atoms with Gasteiger partial charge in [0, 0.05) is 21.3 Å². The van der Waals surface area contributed by atoms with E-state index >= 15 is 0 Å². The van der Waals surface area contributed by atoms with Crippen LogP contribution >= 0.6 is 23.5 Å². The first-order chi connectivity index (χ1) is 17.7. The molecule has 0 amide bonds. The fourth-order valence-corrected chi connectivity index (χ4v) is 7.92. The molecule has 2 aromatic carbocycles. The quantitative estimate of drug-likeness (QED) is 0.233. The molecule has 0 spiro atoms. The highest BCUT2D eigenvalue weighted by Crippen LogP contribution is 2.46. The number of hydrogen-bond donors (Lipinski definition) is 0. The summed E-state index contributed by atoms with van der Waals surface area (Å²) in [4.78, 5) is 2.58. The number of hydrogen-bond acceptors (Lipinski definition) is 4. The zero-order valence-corrected chi connectivity index (χ0v) is 24.0. The van der Waals surface area contributed by atoms with Crippen molar-refractivity contribution in [2.24, 2.45) is 0 Å². The Morgan fingerprint density at radius 3 is 1.39 bits per heavy atom. The molecule has 3 rings (SSSR count). The Bertz CT molecular complexity index is 977. The Hall–Kier alpha value is -1.88. The molecular weight excluding hydrogens is 477 g/mol. The number of thioether (sulfide) groups is 2. The van der Waals surface area contributed by atoms with E-state index in [1.165, 1.54) is 85.1 Å². The average Bonchev–Trinajstić information content (AvgIpc) is 2.89. The first-order valence-electron chi connectivity index (χ1n) is 14.1. The number of nitriles is 2. The summed E-state index contributed by atoms with van der Waals surface area (Å²) in [5.74, 6) is 1.86. The smallest absolute Gasteiger partial charge is 0.101 e. The molecule has 36 heavy (non-hydrogen) atoms. The molecule has 1 aliphatic heterocycles. The minimum atomic E-state index is 0.660. The van der Waals surface area contributed by atoms with Crippen molar-refractivity contribution in [3.05, 3.63) is 57.6 Å². The minimum Gasteiger partial charge on any atom is -0.192 e. The number of unbranched alkanes of at least 4 members (excludes halogenated alkanes) is 10. The second-order valence-electron chi connectivity index (χ2n) is 9.97. The Morgan fingerprint density at radius 2 is 1.00 bits per heavy atom. The fraction of sp³-hybridized carbons (Fsp3) is 0.562. The standard InChI is InChI=1S/C32H42N2S2/c1-3-5-7-9-11-13-19-27-29(21-33)30(22-34)28(20-14-12-10-8-6-4-2)32-31(27)35-23-25-17-15-16-18-26(25)24-36-32/h15-18H,3-14,19-20,23-24H2,1-2H3. The maximum Gasteiger partial charge on any atom is 0.101 e. The van der Waals surface area contributed by atoms with Gasteiger partial charge in [-0.15, -0.1) is 23.5 Å². The lowest BCUT2D eigenvalue weighted by atomic mass is 9.91. The summed E-state index contributed by atoms with van der Waals surface area (Å²) >= 11 is 3.79. The number of benzene rings is 2. The fourth-order valence-electron chi connectivity index (χ4n) is 5.14. The van der Waals surface area contributed by atoms with Crippen LogP contribution in [0.3, 0.4) is 0 Å². The molecule has 2 aromatic rings. The molecule has 192 valence electrons. The van der Waals surface area contributed by atoms with Crippen molar-refractivity contribution in [1.82, 2.24) is 0 Å². The molecule has 0 bridgehead atoms. The molecule has 1 heterocycles. The number of rotatable bonds is 14. The highest BCUT2D eigenvalue weighted by molar-refractivity contribution is 8.01. The van der Waals surface area contributed by atoms with Crippen molar-refractivity contribution in [3.8, 4) is 12.1 Å². The van der Waals surface area contributed by atoms with Gasteiger partial charge in [-0.25, -0.2) is 0 Å². The Balaban J connectivity index is 1.92. The van der Waals surface area contributed by atoms with E-state index in [2.05, 4.69) is 50.3 Å². The Kier molecular flexibility index (Phi) is 12.8. The van der Waals surface area contributed by atoms with E-state index < -0.39 is 0 Å². The largest absolute Gasteiger partial charge is 0.192 e. The molecule has 4 heteroatoms. The van der Waals surface area contributed by atoms with Crippen LogP contribution in [0.2, 0.25) is 0 Å². The third kappa shape index (κ3) is 7.81. The molecule has 0 aliphatic carbocycles. The predicted octanol–water partition coefficient (Wildman–Crippen LogP) is 10.1. The normalized spacial score (nSPS) is 12.7. The van der Waals surface area contributed by atoms with Crippen LogP contribution in [0.4, 0.5) is 0 Å². The lowest BCUT2D eigenvalue weighted by Crippen LogP contribution is -2.08. The number of fused-ring (bicyclic) bond motifs is 2. The van der Waals surface area contributed by atoms with Crippen molar-refractivity contribution in [2.45, 2.75) is 125 Å². The zero-order valence-electron chi connectivity index (χ0n) is 22.3. The lowest BCUT2D eigenvalue weighted by Gasteiger charge is -2.24. The van der Waals surface area contributed by atoms with Crippen LogP contribution in [0.5, 0.6) is 0 Å². The SMILES string of the molecule is CCCCCCCCc1c(C#N)c(C#N)c(CCCCCCCC)c2c1SCc1ccccc1CS2. The van der Waals surface area contributed by atoms with Crippen molar-refractivity contribution in [2.75, 3.05) is 0 Å². The summed E-state index contributed by atoms with van der Waals surface area (Å²) in [6.45, 7) is 4.50. The highest BCUT2D eigenvalue weighted by Gasteiger charge is 2.26. The predicted molar refractivity (Wildman–Crippen MR) is 156 cm³/mol. The van der Waals surface area contributed by atoms with Gasteiger partial charge in [-0.1, -0.05) is 102 Å². The topological polar surface area (TPSA) is 47.6 Å². The van der Waals surface area contributed by atoms with E-state index in [0.717, 1.165) is 48.3 Å². The summed E-state index contributed by atoms with van der Waals surface area (Å²) in [7, 11) is 0. The third-order valence-corrected chi connectivity index (χ3v) is 9.77. The van der Waals surface area contributed by atoms with Crippen LogP contribution in [0.1, 0.15) is 124 Å². The van der Waals surface area contributed by atoms with Gasteiger partial charge in [-0.2, -0.15) is 10.5 Å². The first-order valence-corrected chi connectivity index (χ1v) is 16.1. The molecule has 0 N–H and O–H groups in total. The van der Waals surface area contributed by atoms with Gasteiger partial charge in [-0.05, 0) is 47.9 Å². The van der Waals surface area contributed by atoms with Gasteiger partial charge >= 0.3 is 0 Å². The van der Waals surface area contributed by atoms with Crippen molar-refractivity contribution >= 4 is 23.5 Å². The van der Waals surface area contributed by atoms with Gasteiger partial charge in [0.15, 0.2) is 0 Å². The van der Waals surface area contributed by atoms with Gasteiger partial charge in [-0.3, -0.25) is 0 Å². The maximum atomic E-state index is 10.3. The van der Waals surface area contributed by atoms with Gasteiger partial charge in [0.1, 0.15) is 12.1 Å². The number of nitrogens with zero attached hydrogens (tertiary/aromatic N) is 2.